The lowest BCUT2D eigenvalue weighted by Gasteiger charge is -2.19. The van der Waals surface area contributed by atoms with Crippen LogP contribution in [0.3, 0.4) is 0 Å². The summed E-state index contributed by atoms with van der Waals surface area (Å²) in [6.45, 7) is 0. The van der Waals surface area contributed by atoms with Crippen LogP contribution in [0.4, 0.5) is 5.69 Å². The van der Waals surface area contributed by atoms with Crippen LogP contribution in [0.25, 0.3) is 0 Å². The van der Waals surface area contributed by atoms with E-state index in [2.05, 4.69) is 11.1 Å². The zero-order valence-corrected chi connectivity index (χ0v) is 12.8. The highest BCUT2D eigenvalue weighted by molar-refractivity contribution is 6.31. The van der Waals surface area contributed by atoms with Crippen LogP contribution in [0.15, 0.2) is 36.5 Å². The fourth-order valence-electron chi connectivity index (χ4n) is 2.36. The van der Waals surface area contributed by atoms with Crippen molar-refractivity contribution in [1.82, 2.24) is 4.98 Å². The molecule has 0 radical (unpaired) electrons. The van der Waals surface area contributed by atoms with Gasteiger partial charge in [-0.1, -0.05) is 11.6 Å². The molecule has 3 rings (SSSR count). The molecule has 1 aromatic heterocycles. The number of halogens is 1. The summed E-state index contributed by atoms with van der Waals surface area (Å²) >= 11 is 5.99. The Balaban J connectivity index is 1.93. The normalized spacial score (nSPS) is 13.5. The molecule has 0 atom stereocenters. The Bertz CT molecular complexity index is 778. The highest BCUT2D eigenvalue weighted by Crippen LogP contribution is 2.39. The number of hydrogen-bond donors (Lipinski definition) is 0. The van der Waals surface area contributed by atoms with E-state index in [1.54, 1.807) is 37.5 Å². The maximum atomic E-state index is 12.7. The number of anilines is 1. The van der Waals surface area contributed by atoms with Crippen LogP contribution < -0.4 is 4.90 Å². The molecule has 0 bridgehead atoms. The van der Waals surface area contributed by atoms with Crippen LogP contribution in [-0.4, -0.2) is 17.9 Å². The summed E-state index contributed by atoms with van der Waals surface area (Å²) in [5, 5.41) is 9.68. The van der Waals surface area contributed by atoms with Gasteiger partial charge in [0.1, 0.15) is 6.07 Å². The third-order valence-electron chi connectivity index (χ3n) is 3.77. The van der Waals surface area contributed by atoms with Gasteiger partial charge in [-0.15, -0.1) is 0 Å². The molecular formula is C17H14ClN3O. The Morgan fingerprint density at radius 2 is 2.14 bits per heavy atom. The molecule has 0 saturated heterocycles. The first-order valence-electron chi connectivity index (χ1n) is 7.04. The minimum atomic E-state index is -0.178. The standard InChI is InChI=1S/C17H14ClN3O/c1-21(16-9-14(18)5-4-13(16)10-19)17(22)12-6-7-20-15(8-12)11-2-3-11/h4-9,11H,2-3H2,1H3. The van der Waals surface area contributed by atoms with Gasteiger partial charge >= 0.3 is 0 Å². The van der Waals surface area contributed by atoms with Crippen molar-refractivity contribution in [2.45, 2.75) is 18.8 Å². The van der Waals surface area contributed by atoms with Gasteiger partial charge in [0.25, 0.3) is 5.91 Å². The van der Waals surface area contributed by atoms with Gasteiger partial charge in [-0.05, 0) is 43.2 Å². The molecule has 1 heterocycles. The Morgan fingerprint density at radius 3 is 2.82 bits per heavy atom. The van der Waals surface area contributed by atoms with Crippen LogP contribution in [0, 0.1) is 11.3 Å². The molecule has 1 aliphatic rings. The largest absolute Gasteiger partial charge is 0.310 e. The van der Waals surface area contributed by atoms with Gasteiger partial charge in [0.2, 0.25) is 0 Å². The highest BCUT2D eigenvalue weighted by atomic mass is 35.5. The van der Waals surface area contributed by atoms with Gasteiger partial charge in [-0.25, -0.2) is 0 Å². The molecule has 1 aromatic carbocycles. The Kier molecular flexibility index (Phi) is 3.82. The maximum Gasteiger partial charge on any atom is 0.258 e. The predicted octanol–water partition coefficient (Wildman–Crippen LogP) is 3.76. The molecule has 1 fully saturated rings. The quantitative estimate of drug-likeness (QED) is 0.867. The third-order valence-corrected chi connectivity index (χ3v) is 4.00. The van der Waals surface area contributed by atoms with Crippen molar-refractivity contribution in [2.24, 2.45) is 0 Å². The first-order chi connectivity index (χ1) is 10.6. The monoisotopic (exact) mass is 311 g/mol. The number of benzene rings is 1. The highest BCUT2D eigenvalue weighted by Gasteiger charge is 2.26. The van der Waals surface area contributed by atoms with Crippen LogP contribution >= 0.6 is 11.6 Å². The summed E-state index contributed by atoms with van der Waals surface area (Å²) < 4.78 is 0. The predicted molar refractivity (Wildman–Crippen MR) is 85.1 cm³/mol. The minimum absolute atomic E-state index is 0.178. The summed E-state index contributed by atoms with van der Waals surface area (Å²) in [4.78, 5) is 18.4. The van der Waals surface area contributed by atoms with E-state index in [4.69, 9.17) is 11.6 Å². The fourth-order valence-corrected chi connectivity index (χ4v) is 2.53. The zero-order valence-electron chi connectivity index (χ0n) is 12.1. The SMILES string of the molecule is CN(C(=O)c1ccnc(C2CC2)c1)c1cc(Cl)ccc1C#N. The van der Waals surface area contributed by atoms with E-state index >= 15 is 0 Å². The number of pyridine rings is 1. The molecule has 0 aliphatic heterocycles. The number of hydrogen-bond acceptors (Lipinski definition) is 3. The van der Waals surface area contributed by atoms with E-state index in [0.29, 0.717) is 27.8 Å². The third kappa shape index (κ3) is 2.81. The molecule has 0 unspecified atom stereocenters. The van der Waals surface area contributed by atoms with Crippen molar-refractivity contribution >= 4 is 23.2 Å². The first-order valence-corrected chi connectivity index (χ1v) is 7.41. The second kappa shape index (κ2) is 5.78. The number of carbonyl (C=O) groups is 1. The molecule has 1 aliphatic carbocycles. The summed E-state index contributed by atoms with van der Waals surface area (Å²) in [6.07, 6.45) is 3.93. The van der Waals surface area contributed by atoms with Crippen LogP contribution in [0.5, 0.6) is 0 Å². The Morgan fingerprint density at radius 1 is 1.36 bits per heavy atom. The van der Waals surface area contributed by atoms with Crippen LogP contribution in [0.1, 0.15) is 40.4 Å². The average molecular weight is 312 g/mol. The van der Waals surface area contributed by atoms with Gasteiger partial charge in [-0.2, -0.15) is 5.26 Å². The fraction of sp³-hybridized carbons (Fsp3) is 0.235. The molecule has 1 amide bonds. The lowest BCUT2D eigenvalue weighted by atomic mass is 10.1. The molecule has 4 nitrogen and oxygen atoms in total. The van der Waals surface area contributed by atoms with E-state index in [1.807, 2.05) is 6.07 Å². The lowest BCUT2D eigenvalue weighted by molar-refractivity contribution is 0.0992. The summed E-state index contributed by atoms with van der Waals surface area (Å²) in [5.41, 5.74) is 2.45. The van der Waals surface area contributed by atoms with Crippen molar-refractivity contribution < 1.29 is 4.79 Å². The van der Waals surface area contributed by atoms with E-state index in [-0.39, 0.29) is 5.91 Å². The maximum absolute atomic E-state index is 12.7. The Labute approximate surface area is 134 Å². The first kappa shape index (κ1) is 14.6. The van der Waals surface area contributed by atoms with Crippen molar-refractivity contribution in [3.05, 3.63) is 58.4 Å². The summed E-state index contributed by atoms with van der Waals surface area (Å²) in [5.74, 6) is 0.307. The number of nitriles is 1. The number of nitrogens with zero attached hydrogens (tertiary/aromatic N) is 3. The van der Waals surface area contributed by atoms with Gasteiger partial charge in [-0.3, -0.25) is 9.78 Å². The van der Waals surface area contributed by atoms with Crippen molar-refractivity contribution in [2.75, 3.05) is 11.9 Å². The zero-order chi connectivity index (χ0) is 15.7. The molecule has 0 spiro atoms. The lowest BCUT2D eigenvalue weighted by Crippen LogP contribution is -2.27. The molecule has 22 heavy (non-hydrogen) atoms. The number of aromatic nitrogens is 1. The number of amides is 1. The second-order valence-corrected chi connectivity index (χ2v) is 5.82. The van der Waals surface area contributed by atoms with Gasteiger partial charge in [0.05, 0.1) is 11.3 Å². The molecule has 2 aromatic rings. The second-order valence-electron chi connectivity index (χ2n) is 5.38. The number of rotatable bonds is 3. The minimum Gasteiger partial charge on any atom is -0.310 e. The topological polar surface area (TPSA) is 57.0 Å². The van der Waals surface area contributed by atoms with Gasteiger partial charge in [0, 0.05) is 35.4 Å². The van der Waals surface area contributed by atoms with Crippen LogP contribution in [0.2, 0.25) is 5.02 Å². The molecule has 5 heteroatoms. The molecule has 0 N–H and O–H groups in total. The molecule has 110 valence electrons. The van der Waals surface area contributed by atoms with Crippen molar-refractivity contribution in [1.29, 1.82) is 5.26 Å². The summed E-state index contributed by atoms with van der Waals surface area (Å²) in [7, 11) is 1.64. The van der Waals surface area contributed by atoms with E-state index in [0.717, 1.165) is 18.5 Å². The number of carbonyl (C=O) groups excluding carboxylic acids is 1. The van der Waals surface area contributed by atoms with Crippen molar-refractivity contribution in [3.8, 4) is 6.07 Å². The average Bonchev–Trinajstić information content (AvgIpc) is 3.38. The van der Waals surface area contributed by atoms with E-state index in [9.17, 15) is 10.1 Å². The van der Waals surface area contributed by atoms with Gasteiger partial charge < -0.3 is 4.90 Å². The smallest absolute Gasteiger partial charge is 0.258 e. The van der Waals surface area contributed by atoms with Crippen molar-refractivity contribution in [3.63, 3.8) is 0 Å². The van der Waals surface area contributed by atoms with Crippen LogP contribution in [-0.2, 0) is 0 Å². The molecule has 1 saturated carbocycles. The Hall–Kier alpha value is -2.38. The molecular weight excluding hydrogens is 298 g/mol. The van der Waals surface area contributed by atoms with E-state index in [1.165, 1.54) is 4.90 Å². The summed E-state index contributed by atoms with van der Waals surface area (Å²) in [6, 6.07) is 10.5. The van der Waals surface area contributed by atoms with E-state index < -0.39 is 0 Å². The van der Waals surface area contributed by atoms with Gasteiger partial charge in [0.15, 0.2) is 0 Å².